The molecule has 3 aliphatic rings. The standard InChI is InChI=1S/C19H29N3O3/c1-21(2)12-16-13-25-19(5-3-4-6-19)14-22(16)11-15-9-17-18(10-20-15)24-8-7-23-17/h9-10,16H,3-8,11-14H2,1-2H3. The van der Waals surface area contributed by atoms with Crippen molar-refractivity contribution >= 4 is 0 Å². The third kappa shape index (κ3) is 3.76. The largest absolute Gasteiger partial charge is 0.486 e. The number of rotatable bonds is 4. The molecule has 2 aliphatic heterocycles. The number of pyridine rings is 1. The van der Waals surface area contributed by atoms with Crippen LogP contribution in [0.2, 0.25) is 0 Å². The molecule has 0 bridgehead atoms. The van der Waals surface area contributed by atoms with Gasteiger partial charge in [0.2, 0.25) is 0 Å². The average Bonchev–Trinajstić information content (AvgIpc) is 3.05. The number of hydrogen-bond donors (Lipinski definition) is 0. The SMILES string of the molecule is CN(C)CC1COC2(CCCC2)CN1Cc1cc2c(cn1)OCCO2. The van der Waals surface area contributed by atoms with Crippen LogP contribution in [0.25, 0.3) is 0 Å². The Morgan fingerprint density at radius 1 is 1.20 bits per heavy atom. The summed E-state index contributed by atoms with van der Waals surface area (Å²) in [6, 6.07) is 2.44. The molecule has 1 unspecified atom stereocenters. The predicted molar refractivity (Wildman–Crippen MR) is 95.1 cm³/mol. The topological polar surface area (TPSA) is 47.1 Å². The van der Waals surface area contributed by atoms with Gasteiger partial charge in [-0.05, 0) is 26.9 Å². The third-order valence-electron chi connectivity index (χ3n) is 5.53. The Kier molecular flexibility index (Phi) is 4.84. The quantitative estimate of drug-likeness (QED) is 0.829. The smallest absolute Gasteiger partial charge is 0.179 e. The lowest BCUT2D eigenvalue weighted by Gasteiger charge is -2.46. The second-order valence-corrected chi connectivity index (χ2v) is 7.84. The highest BCUT2D eigenvalue weighted by atomic mass is 16.6. The fraction of sp³-hybridized carbons (Fsp3) is 0.737. The first-order chi connectivity index (χ1) is 12.1. The summed E-state index contributed by atoms with van der Waals surface area (Å²) in [5, 5.41) is 0. The van der Waals surface area contributed by atoms with Crippen LogP contribution in [0.3, 0.4) is 0 Å². The van der Waals surface area contributed by atoms with Gasteiger partial charge in [0, 0.05) is 31.7 Å². The number of fused-ring (bicyclic) bond motifs is 1. The minimum Gasteiger partial charge on any atom is -0.486 e. The maximum atomic E-state index is 6.36. The van der Waals surface area contributed by atoms with Crippen molar-refractivity contribution in [2.24, 2.45) is 0 Å². The molecule has 1 aliphatic carbocycles. The molecule has 6 heteroatoms. The van der Waals surface area contributed by atoms with Gasteiger partial charge in [-0.3, -0.25) is 9.88 Å². The molecule has 1 saturated heterocycles. The van der Waals surface area contributed by atoms with E-state index in [2.05, 4.69) is 28.9 Å². The van der Waals surface area contributed by atoms with Crippen LogP contribution in [-0.2, 0) is 11.3 Å². The number of morpholine rings is 1. The molecule has 0 radical (unpaired) electrons. The van der Waals surface area contributed by atoms with Gasteiger partial charge in [0.15, 0.2) is 11.5 Å². The number of hydrogen-bond acceptors (Lipinski definition) is 6. The number of aromatic nitrogens is 1. The van der Waals surface area contributed by atoms with Crippen LogP contribution in [0.1, 0.15) is 31.4 Å². The van der Waals surface area contributed by atoms with Crippen LogP contribution in [0, 0.1) is 0 Å². The Hall–Kier alpha value is -1.37. The first-order valence-electron chi connectivity index (χ1n) is 9.41. The van der Waals surface area contributed by atoms with Crippen molar-refractivity contribution in [2.45, 2.75) is 43.9 Å². The van der Waals surface area contributed by atoms with E-state index >= 15 is 0 Å². The number of ether oxygens (including phenoxy) is 3. The lowest BCUT2D eigenvalue weighted by Crippen LogP contribution is -2.57. The van der Waals surface area contributed by atoms with Gasteiger partial charge in [-0.1, -0.05) is 12.8 Å². The summed E-state index contributed by atoms with van der Waals surface area (Å²) in [5.74, 6) is 1.58. The van der Waals surface area contributed by atoms with E-state index in [1.165, 1.54) is 25.7 Å². The van der Waals surface area contributed by atoms with Crippen LogP contribution in [-0.4, -0.2) is 73.4 Å². The van der Waals surface area contributed by atoms with Gasteiger partial charge in [0.05, 0.1) is 24.1 Å². The first-order valence-corrected chi connectivity index (χ1v) is 9.41. The fourth-order valence-corrected chi connectivity index (χ4v) is 4.30. The zero-order valence-electron chi connectivity index (χ0n) is 15.4. The molecule has 6 nitrogen and oxygen atoms in total. The van der Waals surface area contributed by atoms with Gasteiger partial charge >= 0.3 is 0 Å². The summed E-state index contributed by atoms with van der Waals surface area (Å²) < 4.78 is 17.7. The van der Waals surface area contributed by atoms with Gasteiger partial charge in [-0.15, -0.1) is 0 Å². The van der Waals surface area contributed by atoms with Crippen LogP contribution < -0.4 is 9.47 Å². The molecule has 25 heavy (non-hydrogen) atoms. The van der Waals surface area contributed by atoms with Crippen molar-refractivity contribution in [3.63, 3.8) is 0 Å². The second kappa shape index (κ2) is 7.09. The number of nitrogens with zero attached hydrogens (tertiary/aromatic N) is 3. The van der Waals surface area contributed by atoms with Crippen molar-refractivity contribution in [3.05, 3.63) is 18.0 Å². The Balaban J connectivity index is 1.51. The first kappa shape index (κ1) is 17.1. The molecule has 1 atom stereocenters. The molecule has 4 rings (SSSR count). The lowest BCUT2D eigenvalue weighted by molar-refractivity contribution is -0.136. The molecule has 138 valence electrons. The summed E-state index contributed by atoms with van der Waals surface area (Å²) in [4.78, 5) is 9.42. The van der Waals surface area contributed by atoms with Crippen LogP contribution in [0.5, 0.6) is 11.5 Å². The molecule has 0 aromatic carbocycles. The van der Waals surface area contributed by atoms with Gasteiger partial charge in [0.25, 0.3) is 0 Å². The van der Waals surface area contributed by atoms with E-state index in [1.807, 2.05) is 6.07 Å². The maximum Gasteiger partial charge on any atom is 0.179 e. The summed E-state index contributed by atoms with van der Waals surface area (Å²) in [5.41, 5.74) is 1.11. The van der Waals surface area contributed by atoms with Crippen molar-refractivity contribution in [3.8, 4) is 11.5 Å². The normalized spacial score (nSPS) is 25.6. The maximum absolute atomic E-state index is 6.36. The highest BCUT2D eigenvalue weighted by Gasteiger charge is 2.42. The Morgan fingerprint density at radius 2 is 1.96 bits per heavy atom. The van der Waals surface area contributed by atoms with Crippen molar-refractivity contribution < 1.29 is 14.2 Å². The summed E-state index contributed by atoms with van der Waals surface area (Å²) in [6.45, 7) is 4.86. The molecule has 1 aromatic rings. The molecule has 1 spiro atoms. The second-order valence-electron chi connectivity index (χ2n) is 7.84. The van der Waals surface area contributed by atoms with Gasteiger partial charge in [0.1, 0.15) is 13.2 Å². The highest BCUT2D eigenvalue weighted by molar-refractivity contribution is 5.40. The Bertz CT molecular complexity index is 602. The zero-order chi connectivity index (χ0) is 17.3. The van der Waals surface area contributed by atoms with E-state index in [9.17, 15) is 0 Å². The molecular formula is C19H29N3O3. The molecular weight excluding hydrogens is 318 g/mol. The Labute approximate surface area is 150 Å². The number of likely N-dealkylation sites (N-methyl/N-ethyl adjacent to an activating group) is 1. The van der Waals surface area contributed by atoms with E-state index in [0.29, 0.717) is 19.3 Å². The van der Waals surface area contributed by atoms with E-state index in [4.69, 9.17) is 14.2 Å². The molecule has 3 heterocycles. The van der Waals surface area contributed by atoms with Crippen molar-refractivity contribution in [1.29, 1.82) is 0 Å². The summed E-state index contributed by atoms with van der Waals surface area (Å²) >= 11 is 0. The minimum atomic E-state index is 0.0661. The van der Waals surface area contributed by atoms with Crippen LogP contribution >= 0.6 is 0 Å². The highest BCUT2D eigenvalue weighted by Crippen LogP contribution is 2.38. The zero-order valence-corrected chi connectivity index (χ0v) is 15.4. The lowest BCUT2D eigenvalue weighted by atomic mass is 9.97. The van der Waals surface area contributed by atoms with E-state index in [0.717, 1.165) is 43.4 Å². The molecule has 0 N–H and O–H groups in total. The average molecular weight is 347 g/mol. The van der Waals surface area contributed by atoms with Gasteiger partial charge < -0.3 is 19.1 Å². The molecule has 2 fully saturated rings. The van der Waals surface area contributed by atoms with Gasteiger partial charge in [-0.2, -0.15) is 0 Å². The summed E-state index contributed by atoms with van der Waals surface area (Å²) in [7, 11) is 4.25. The van der Waals surface area contributed by atoms with Crippen molar-refractivity contribution in [1.82, 2.24) is 14.8 Å². The third-order valence-corrected chi connectivity index (χ3v) is 5.53. The molecule has 0 amide bonds. The van der Waals surface area contributed by atoms with Gasteiger partial charge in [-0.25, -0.2) is 0 Å². The van der Waals surface area contributed by atoms with E-state index in [-0.39, 0.29) is 5.60 Å². The monoisotopic (exact) mass is 347 g/mol. The van der Waals surface area contributed by atoms with E-state index in [1.54, 1.807) is 6.20 Å². The summed E-state index contributed by atoms with van der Waals surface area (Å²) in [6.07, 6.45) is 6.75. The van der Waals surface area contributed by atoms with Crippen molar-refractivity contribution in [2.75, 3.05) is 47.0 Å². The minimum absolute atomic E-state index is 0.0661. The Morgan fingerprint density at radius 3 is 2.72 bits per heavy atom. The van der Waals surface area contributed by atoms with E-state index < -0.39 is 0 Å². The molecule has 1 saturated carbocycles. The predicted octanol–water partition coefficient (Wildman–Crippen LogP) is 1.93. The fourth-order valence-electron chi connectivity index (χ4n) is 4.30. The van der Waals surface area contributed by atoms with Crippen LogP contribution in [0.4, 0.5) is 0 Å². The van der Waals surface area contributed by atoms with Crippen LogP contribution in [0.15, 0.2) is 12.3 Å². The molecule has 1 aromatic heterocycles.